The number of rotatable bonds is 7. The Balaban J connectivity index is 3.16. The van der Waals surface area contributed by atoms with E-state index in [9.17, 15) is 4.79 Å². The van der Waals surface area contributed by atoms with Crippen LogP contribution in [0.25, 0.3) is 0 Å². The average Bonchev–Trinajstić information content (AvgIpc) is 2.08. The number of carbonyl (C=O) groups is 1. The predicted molar refractivity (Wildman–Crippen MR) is 52.7 cm³/mol. The number of nitrogens with zero attached hydrogens (tertiary/aromatic N) is 1. The Kier molecular flexibility index (Phi) is 7.63. The second-order valence-electron chi connectivity index (χ2n) is 3.13. The Hall–Kier alpha value is -0.610. The van der Waals surface area contributed by atoms with Gasteiger partial charge in [0.2, 0.25) is 5.91 Å². The summed E-state index contributed by atoms with van der Waals surface area (Å²) in [4.78, 5) is 12.7. The number of methoxy groups -OCH3 is 1. The largest absolute Gasteiger partial charge is 0.383 e. The quantitative estimate of drug-likeness (QED) is 0.576. The summed E-state index contributed by atoms with van der Waals surface area (Å²) in [6, 6.07) is 0. The highest BCUT2D eigenvalue weighted by Crippen LogP contribution is 1.86. The van der Waals surface area contributed by atoms with Gasteiger partial charge in [0.25, 0.3) is 0 Å². The molecule has 4 heteroatoms. The average molecular weight is 188 g/mol. The molecule has 0 saturated carbocycles. The summed E-state index contributed by atoms with van der Waals surface area (Å²) >= 11 is 0. The summed E-state index contributed by atoms with van der Waals surface area (Å²) < 4.78 is 4.95. The van der Waals surface area contributed by atoms with E-state index in [-0.39, 0.29) is 5.91 Å². The van der Waals surface area contributed by atoms with Crippen LogP contribution in [0.4, 0.5) is 0 Å². The van der Waals surface area contributed by atoms with Crippen LogP contribution in [0.15, 0.2) is 0 Å². The van der Waals surface area contributed by atoms with Crippen LogP contribution >= 0.6 is 0 Å². The van der Waals surface area contributed by atoms with Crippen molar-refractivity contribution in [2.24, 2.45) is 0 Å². The second-order valence-corrected chi connectivity index (χ2v) is 3.13. The number of hydrogen-bond donors (Lipinski definition) is 1. The fourth-order valence-corrected chi connectivity index (χ4v) is 0.972. The molecule has 0 fully saturated rings. The maximum atomic E-state index is 10.5. The first-order chi connectivity index (χ1) is 6.16. The van der Waals surface area contributed by atoms with Crippen LogP contribution in [0, 0.1) is 0 Å². The molecule has 0 atom stereocenters. The number of amides is 1. The summed E-state index contributed by atoms with van der Waals surface area (Å²) in [6.07, 6.45) is 0.986. The molecule has 1 amide bonds. The first-order valence-electron chi connectivity index (χ1n) is 4.58. The molecule has 0 aromatic carbocycles. The van der Waals surface area contributed by atoms with E-state index in [1.54, 1.807) is 7.11 Å². The Morgan fingerprint density at radius 2 is 2.15 bits per heavy atom. The molecule has 0 heterocycles. The highest BCUT2D eigenvalue weighted by molar-refractivity contribution is 5.72. The van der Waals surface area contributed by atoms with Crippen molar-refractivity contribution >= 4 is 5.91 Å². The number of carbonyl (C=O) groups excluding carboxylic acids is 1. The van der Waals surface area contributed by atoms with Gasteiger partial charge in [-0.05, 0) is 20.0 Å². The van der Waals surface area contributed by atoms with E-state index < -0.39 is 0 Å². The molecule has 1 N–H and O–H groups in total. The minimum atomic E-state index is 0.0412. The van der Waals surface area contributed by atoms with E-state index in [0.29, 0.717) is 0 Å². The lowest BCUT2D eigenvalue weighted by molar-refractivity contribution is -0.118. The second kappa shape index (κ2) is 8.01. The van der Waals surface area contributed by atoms with Gasteiger partial charge in [0.05, 0.1) is 6.61 Å². The van der Waals surface area contributed by atoms with Gasteiger partial charge < -0.3 is 15.0 Å². The third kappa shape index (κ3) is 9.30. The number of likely N-dealkylation sites (N-methyl/N-ethyl adjacent to an activating group) is 1. The summed E-state index contributed by atoms with van der Waals surface area (Å²) in [5.41, 5.74) is 0. The van der Waals surface area contributed by atoms with E-state index in [2.05, 4.69) is 10.2 Å². The number of ether oxygens (including phenoxy) is 1. The van der Waals surface area contributed by atoms with Crippen molar-refractivity contribution in [3.05, 3.63) is 0 Å². The van der Waals surface area contributed by atoms with Crippen LogP contribution in [0.2, 0.25) is 0 Å². The van der Waals surface area contributed by atoms with Gasteiger partial charge in [-0.15, -0.1) is 0 Å². The third-order valence-corrected chi connectivity index (χ3v) is 1.77. The first-order valence-corrected chi connectivity index (χ1v) is 4.58. The fourth-order valence-electron chi connectivity index (χ4n) is 0.972. The Morgan fingerprint density at radius 3 is 2.69 bits per heavy atom. The van der Waals surface area contributed by atoms with Gasteiger partial charge in [0, 0.05) is 27.1 Å². The standard InChI is InChI=1S/C9H20N2O2/c1-9(12)10-5-4-6-11(2)7-8-13-3/h4-8H2,1-3H3,(H,10,12). The molecule has 4 nitrogen and oxygen atoms in total. The van der Waals surface area contributed by atoms with Crippen molar-refractivity contribution < 1.29 is 9.53 Å². The molecule has 0 aromatic heterocycles. The maximum absolute atomic E-state index is 10.5. The molecule has 0 rings (SSSR count). The smallest absolute Gasteiger partial charge is 0.216 e. The molecule has 0 aliphatic heterocycles. The lowest BCUT2D eigenvalue weighted by Crippen LogP contribution is -2.28. The zero-order valence-electron chi connectivity index (χ0n) is 8.80. The molecule has 0 saturated heterocycles. The van der Waals surface area contributed by atoms with E-state index in [0.717, 1.165) is 32.7 Å². The van der Waals surface area contributed by atoms with Gasteiger partial charge in [-0.3, -0.25) is 4.79 Å². The molecular formula is C9H20N2O2. The molecule has 0 spiro atoms. The van der Waals surface area contributed by atoms with Crippen LogP contribution in [0.3, 0.4) is 0 Å². The van der Waals surface area contributed by atoms with Crippen molar-refractivity contribution in [2.45, 2.75) is 13.3 Å². The normalized spacial score (nSPS) is 10.5. The Labute approximate surface area is 80.2 Å². The fraction of sp³-hybridized carbons (Fsp3) is 0.889. The SMILES string of the molecule is COCCN(C)CCCNC(C)=O. The van der Waals surface area contributed by atoms with Crippen LogP contribution in [-0.4, -0.2) is 51.2 Å². The van der Waals surface area contributed by atoms with Crippen LogP contribution in [-0.2, 0) is 9.53 Å². The molecule has 0 aromatic rings. The lowest BCUT2D eigenvalue weighted by Gasteiger charge is -2.15. The van der Waals surface area contributed by atoms with Crippen molar-refractivity contribution in [3.63, 3.8) is 0 Å². The van der Waals surface area contributed by atoms with Crippen molar-refractivity contribution in [1.29, 1.82) is 0 Å². The van der Waals surface area contributed by atoms with Crippen LogP contribution in [0.5, 0.6) is 0 Å². The summed E-state index contributed by atoms with van der Waals surface area (Å²) in [7, 11) is 3.75. The summed E-state index contributed by atoms with van der Waals surface area (Å²) in [6.45, 7) is 4.98. The van der Waals surface area contributed by atoms with E-state index >= 15 is 0 Å². The number of hydrogen-bond acceptors (Lipinski definition) is 3. The minimum Gasteiger partial charge on any atom is -0.383 e. The monoisotopic (exact) mass is 188 g/mol. The third-order valence-electron chi connectivity index (χ3n) is 1.77. The molecule has 78 valence electrons. The highest BCUT2D eigenvalue weighted by atomic mass is 16.5. The first kappa shape index (κ1) is 12.4. The molecular weight excluding hydrogens is 168 g/mol. The van der Waals surface area contributed by atoms with Gasteiger partial charge in [0.15, 0.2) is 0 Å². The van der Waals surface area contributed by atoms with Crippen LogP contribution < -0.4 is 5.32 Å². The maximum Gasteiger partial charge on any atom is 0.216 e. The van der Waals surface area contributed by atoms with Gasteiger partial charge in [-0.25, -0.2) is 0 Å². The van der Waals surface area contributed by atoms with Gasteiger partial charge in [-0.1, -0.05) is 0 Å². The Morgan fingerprint density at radius 1 is 1.46 bits per heavy atom. The van der Waals surface area contributed by atoms with E-state index in [1.807, 2.05) is 7.05 Å². The number of nitrogens with one attached hydrogen (secondary N) is 1. The minimum absolute atomic E-state index is 0.0412. The van der Waals surface area contributed by atoms with Crippen LogP contribution in [0.1, 0.15) is 13.3 Å². The molecule has 0 aliphatic rings. The molecule has 0 unspecified atom stereocenters. The van der Waals surface area contributed by atoms with Crippen molar-refractivity contribution in [3.8, 4) is 0 Å². The zero-order valence-corrected chi connectivity index (χ0v) is 8.80. The van der Waals surface area contributed by atoms with Gasteiger partial charge >= 0.3 is 0 Å². The molecule has 0 radical (unpaired) electrons. The summed E-state index contributed by atoms with van der Waals surface area (Å²) in [5, 5.41) is 2.76. The molecule has 0 bridgehead atoms. The van der Waals surface area contributed by atoms with E-state index in [4.69, 9.17) is 4.74 Å². The lowest BCUT2D eigenvalue weighted by atomic mass is 10.4. The zero-order chi connectivity index (χ0) is 10.1. The van der Waals surface area contributed by atoms with Gasteiger partial charge in [-0.2, -0.15) is 0 Å². The molecule has 13 heavy (non-hydrogen) atoms. The van der Waals surface area contributed by atoms with Gasteiger partial charge in [0.1, 0.15) is 0 Å². The van der Waals surface area contributed by atoms with Crippen molar-refractivity contribution in [2.75, 3.05) is 40.4 Å². The summed E-state index contributed by atoms with van der Waals surface area (Å²) in [5.74, 6) is 0.0412. The van der Waals surface area contributed by atoms with E-state index in [1.165, 1.54) is 6.92 Å². The molecule has 0 aliphatic carbocycles. The predicted octanol–water partition coefficient (Wildman–Crippen LogP) is 0.0908. The van der Waals surface area contributed by atoms with Crippen molar-refractivity contribution in [1.82, 2.24) is 10.2 Å². The highest BCUT2D eigenvalue weighted by Gasteiger charge is 1.97. The topological polar surface area (TPSA) is 41.6 Å². The Bertz CT molecular complexity index is 140.